The Morgan fingerprint density at radius 2 is 1.85 bits per heavy atom. The minimum atomic E-state index is -4.67. The van der Waals surface area contributed by atoms with Crippen LogP contribution in [-0.2, 0) is 9.84 Å². The number of alkyl halides is 2. The summed E-state index contributed by atoms with van der Waals surface area (Å²) in [4.78, 5) is 6.70. The summed E-state index contributed by atoms with van der Waals surface area (Å²) in [6.07, 6.45) is 0. The van der Waals surface area contributed by atoms with Crippen LogP contribution >= 0.6 is 15.9 Å². The molecule has 0 unspecified atom stereocenters. The molecule has 11 heteroatoms. The molecule has 20 heavy (non-hydrogen) atoms. The standard InChI is InChI=1S/C9H10BrF2N5O2S/c10-5-3-4(20(18,19)7(11)12)1-2-6(5)16-9(15)17-8(13)14/h1-3,7H,(H6,13,14,15,16,17). The van der Waals surface area contributed by atoms with Crippen molar-refractivity contribution in [2.45, 2.75) is 10.7 Å². The lowest BCUT2D eigenvalue weighted by molar-refractivity contribution is 0.234. The van der Waals surface area contributed by atoms with Crippen molar-refractivity contribution in [2.24, 2.45) is 27.2 Å². The third kappa shape index (κ3) is 3.87. The second-order valence-corrected chi connectivity index (χ2v) is 6.20. The second kappa shape index (κ2) is 6.13. The van der Waals surface area contributed by atoms with E-state index in [1.165, 1.54) is 6.07 Å². The number of aliphatic imine (C=N–C) groups is 2. The molecule has 110 valence electrons. The summed E-state index contributed by atoms with van der Waals surface area (Å²) >= 11 is 3.00. The number of hydrogen-bond acceptors (Lipinski definition) is 3. The minimum Gasteiger partial charge on any atom is -0.370 e. The SMILES string of the molecule is NC(N)=NC(N)=Nc1ccc(S(=O)(=O)C(F)F)cc1Br. The number of hydrogen-bond donors (Lipinski definition) is 3. The first-order valence-corrected chi connectivity index (χ1v) is 7.24. The maximum atomic E-state index is 12.4. The quantitative estimate of drug-likeness (QED) is 0.530. The molecule has 0 aromatic heterocycles. The average Bonchev–Trinajstić information content (AvgIpc) is 2.30. The molecule has 1 rings (SSSR count). The van der Waals surface area contributed by atoms with Crippen LogP contribution in [0.3, 0.4) is 0 Å². The van der Waals surface area contributed by atoms with Gasteiger partial charge in [-0.1, -0.05) is 0 Å². The van der Waals surface area contributed by atoms with Gasteiger partial charge in [-0.05, 0) is 34.1 Å². The van der Waals surface area contributed by atoms with Crippen LogP contribution in [0.5, 0.6) is 0 Å². The van der Waals surface area contributed by atoms with Gasteiger partial charge in [0.05, 0.1) is 10.6 Å². The van der Waals surface area contributed by atoms with Gasteiger partial charge in [0, 0.05) is 4.47 Å². The van der Waals surface area contributed by atoms with E-state index in [2.05, 4.69) is 25.9 Å². The zero-order valence-corrected chi connectivity index (χ0v) is 12.2. The van der Waals surface area contributed by atoms with Crippen molar-refractivity contribution in [1.82, 2.24) is 0 Å². The molecule has 0 atom stereocenters. The molecular weight excluding hydrogens is 360 g/mol. The van der Waals surface area contributed by atoms with Crippen molar-refractivity contribution in [1.29, 1.82) is 0 Å². The van der Waals surface area contributed by atoms with Gasteiger partial charge in [-0.3, -0.25) is 0 Å². The van der Waals surface area contributed by atoms with Crippen LogP contribution in [0.1, 0.15) is 0 Å². The molecule has 0 heterocycles. The molecule has 0 amide bonds. The first kappa shape index (κ1) is 16.3. The summed E-state index contributed by atoms with van der Waals surface area (Å²) in [6.45, 7) is 0. The van der Waals surface area contributed by atoms with Gasteiger partial charge in [0.15, 0.2) is 5.96 Å². The number of nitrogens with two attached hydrogens (primary N) is 3. The van der Waals surface area contributed by atoms with Gasteiger partial charge < -0.3 is 17.2 Å². The number of benzene rings is 1. The van der Waals surface area contributed by atoms with E-state index in [4.69, 9.17) is 17.2 Å². The molecule has 6 N–H and O–H groups in total. The number of guanidine groups is 2. The topological polar surface area (TPSA) is 137 Å². The van der Waals surface area contributed by atoms with E-state index < -0.39 is 20.5 Å². The fourth-order valence-corrected chi connectivity index (χ4v) is 2.50. The third-order valence-electron chi connectivity index (χ3n) is 1.96. The van der Waals surface area contributed by atoms with E-state index in [0.717, 1.165) is 12.1 Å². The van der Waals surface area contributed by atoms with Crippen LogP contribution < -0.4 is 17.2 Å². The van der Waals surface area contributed by atoms with Crippen molar-refractivity contribution in [2.75, 3.05) is 0 Å². The molecule has 0 aliphatic heterocycles. The van der Waals surface area contributed by atoms with Crippen molar-refractivity contribution < 1.29 is 17.2 Å². The Bertz CT molecular complexity index is 671. The fraction of sp³-hybridized carbons (Fsp3) is 0.111. The van der Waals surface area contributed by atoms with Crippen LogP contribution in [-0.4, -0.2) is 26.1 Å². The Hall–Kier alpha value is -1.75. The monoisotopic (exact) mass is 369 g/mol. The predicted molar refractivity (Wildman–Crippen MR) is 74.4 cm³/mol. The van der Waals surface area contributed by atoms with E-state index in [1.807, 2.05) is 0 Å². The Balaban J connectivity index is 3.23. The van der Waals surface area contributed by atoms with Gasteiger partial charge in [-0.2, -0.15) is 13.8 Å². The summed E-state index contributed by atoms with van der Waals surface area (Å²) in [7, 11) is -4.67. The van der Waals surface area contributed by atoms with E-state index in [1.54, 1.807) is 0 Å². The molecule has 0 spiro atoms. The lowest BCUT2D eigenvalue weighted by Gasteiger charge is -2.05. The Morgan fingerprint density at radius 3 is 2.30 bits per heavy atom. The maximum absolute atomic E-state index is 12.4. The normalized spacial score (nSPS) is 12.5. The Morgan fingerprint density at radius 1 is 1.25 bits per heavy atom. The maximum Gasteiger partial charge on any atom is 0.341 e. The number of rotatable bonds is 3. The molecule has 0 saturated carbocycles. The Labute approximate surface area is 121 Å². The van der Waals surface area contributed by atoms with Crippen LogP contribution in [0.4, 0.5) is 14.5 Å². The summed E-state index contributed by atoms with van der Waals surface area (Å²) < 4.78 is 47.5. The molecule has 0 aliphatic carbocycles. The molecular formula is C9H10BrF2N5O2S. The largest absolute Gasteiger partial charge is 0.370 e. The number of sulfone groups is 1. The first-order chi connectivity index (χ1) is 9.14. The second-order valence-electron chi connectivity index (χ2n) is 3.43. The summed E-state index contributed by atoms with van der Waals surface area (Å²) in [6, 6.07) is 3.16. The average molecular weight is 370 g/mol. The van der Waals surface area contributed by atoms with E-state index in [0.29, 0.717) is 0 Å². The highest BCUT2D eigenvalue weighted by Crippen LogP contribution is 2.30. The zero-order chi connectivity index (χ0) is 15.5. The van der Waals surface area contributed by atoms with E-state index in [9.17, 15) is 17.2 Å². The Kier molecular flexibility index (Phi) is 5.00. The zero-order valence-electron chi connectivity index (χ0n) is 9.79. The molecule has 1 aromatic carbocycles. The van der Waals surface area contributed by atoms with Gasteiger partial charge in [0.2, 0.25) is 15.8 Å². The first-order valence-electron chi connectivity index (χ1n) is 4.90. The molecule has 0 saturated heterocycles. The van der Waals surface area contributed by atoms with Gasteiger partial charge in [0.25, 0.3) is 0 Å². The van der Waals surface area contributed by atoms with E-state index >= 15 is 0 Å². The molecule has 0 aliphatic rings. The summed E-state index contributed by atoms with van der Waals surface area (Å²) in [5.74, 6) is -4.08. The number of nitrogens with zero attached hydrogens (tertiary/aromatic N) is 2. The van der Waals surface area contributed by atoms with Crippen LogP contribution in [0.15, 0.2) is 37.6 Å². The highest BCUT2D eigenvalue weighted by atomic mass is 79.9. The molecule has 0 fully saturated rings. The molecule has 1 aromatic rings. The highest BCUT2D eigenvalue weighted by molar-refractivity contribution is 9.10. The van der Waals surface area contributed by atoms with Crippen molar-refractivity contribution in [3.63, 3.8) is 0 Å². The van der Waals surface area contributed by atoms with Crippen molar-refractivity contribution >= 4 is 43.4 Å². The van der Waals surface area contributed by atoms with Crippen molar-refractivity contribution in [3.05, 3.63) is 22.7 Å². The van der Waals surface area contributed by atoms with Gasteiger partial charge in [-0.25, -0.2) is 13.4 Å². The number of halogens is 3. The summed E-state index contributed by atoms with van der Waals surface area (Å²) in [5, 5.41) is 0. The lowest BCUT2D eigenvalue weighted by atomic mass is 10.3. The molecule has 0 bridgehead atoms. The predicted octanol–water partition coefficient (Wildman–Crippen LogP) is 0.665. The summed E-state index contributed by atoms with van der Waals surface area (Å²) in [5.41, 5.74) is 15.8. The molecule has 0 radical (unpaired) electrons. The third-order valence-corrected chi connectivity index (χ3v) is 3.98. The molecule has 7 nitrogen and oxygen atoms in total. The van der Waals surface area contributed by atoms with Crippen molar-refractivity contribution in [3.8, 4) is 0 Å². The smallest absolute Gasteiger partial charge is 0.341 e. The lowest BCUT2D eigenvalue weighted by Crippen LogP contribution is -2.26. The fourth-order valence-electron chi connectivity index (χ4n) is 1.14. The van der Waals surface area contributed by atoms with Gasteiger partial charge in [0.1, 0.15) is 0 Å². The minimum absolute atomic E-state index is 0.146. The van der Waals surface area contributed by atoms with Crippen LogP contribution in [0.2, 0.25) is 0 Å². The van der Waals surface area contributed by atoms with Gasteiger partial charge in [-0.15, -0.1) is 0 Å². The highest BCUT2D eigenvalue weighted by Gasteiger charge is 2.26. The van der Waals surface area contributed by atoms with Gasteiger partial charge >= 0.3 is 5.76 Å². The van der Waals surface area contributed by atoms with E-state index in [-0.39, 0.29) is 22.1 Å². The van der Waals surface area contributed by atoms with Crippen LogP contribution in [0.25, 0.3) is 0 Å². The van der Waals surface area contributed by atoms with Crippen LogP contribution in [0, 0.1) is 0 Å².